The Kier molecular flexibility index (Phi) is 8.66. The van der Waals surface area contributed by atoms with E-state index in [0.717, 1.165) is 4.88 Å². The third-order valence-corrected chi connectivity index (χ3v) is 7.26. The average Bonchev–Trinajstić information content (AvgIpc) is 3.69. The van der Waals surface area contributed by atoms with Gasteiger partial charge >= 0.3 is 0 Å². The largest absolute Gasteiger partial charge is 0.497 e. The number of nitrogens with zero attached hydrogens (tertiary/aromatic N) is 5. The summed E-state index contributed by atoms with van der Waals surface area (Å²) in [7, 11) is 1.52. The zero-order valence-corrected chi connectivity index (χ0v) is 23.3. The van der Waals surface area contributed by atoms with Gasteiger partial charge in [0, 0.05) is 23.3 Å². The van der Waals surface area contributed by atoms with E-state index in [0.29, 0.717) is 33.4 Å². The van der Waals surface area contributed by atoms with Crippen molar-refractivity contribution >= 4 is 40.4 Å². The molecule has 0 radical (unpaired) electrons. The lowest BCUT2D eigenvalue weighted by atomic mass is 10.0. The van der Waals surface area contributed by atoms with Crippen LogP contribution in [0.5, 0.6) is 5.75 Å². The Morgan fingerprint density at radius 3 is 2.56 bits per heavy atom. The van der Waals surface area contributed by atoms with Crippen LogP contribution in [-0.4, -0.2) is 39.1 Å². The second-order valence-corrected chi connectivity index (χ2v) is 10.3. The van der Waals surface area contributed by atoms with Gasteiger partial charge < -0.3 is 10.1 Å². The lowest BCUT2D eigenvalue weighted by molar-refractivity contribution is -0.127. The highest BCUT2D eigenvalue weighted by atomic mass is 35.5. The Morgan fingerprint density at radius 1 is 1.07 bits per heavy atom. The predicted molar refractivity (Wildman–Crippen MR) is 154 cm³/mol. The molecule has 0 saturated carbocycles. The van der Waals surface area contributed by atoms with E-state index >= 15 is 0 Å². The van der Waals surface area contributed by atoms with Crippen molar-refractivity contribution in [3.8, 4) is 16.5 Å². The fraction of sp³-hybridized carbons (Fsp3) is 0.138. The zero-order chi connectivity index (χ0) is 28.8. The van der Waals surface area contributed by atoms with Gasteiger partial charge in [-0.15, -0.1) is 21.5 Å². The number of amides is 2. The Bertz CT molecular complexity index is 1630. The van der Waals surface area contributed by atoms with Crippen LogP contribution in [0.15, 0.2) is 90.3 Å². The van der Waals surface area contributed by atoms with Crippen molar-refractivity contribution < 1.29 is 18.7 Å². The van der Waals surface area contributed by atoms with Crippen LogP contribution in [-0.2, 0) is 22.7 Å². The van der Waals surface area contributed by atoms with Crippen molar-refractivity contribution in [1.29, 1.82) is 0 Å². The van der Waals surface area contributed by atoms with Crippen LogP contribution < -0.4 is 15.0 Å². The third-order valence-electron chi connectivity index (χ3n) is 6.14. The monoisotopic (exact) mass is 590 g/mol. The van der Waals surface area contributed by atoms with Gasteiger partial charge in [0.2, 0.25) is 11.7 Å². The lowest BCUT2D eigenvalue weighted by Gasteiger charge is -2.31. The van der Waals surface area contributed by atoms with Crippen LogP contribution in [0.25, 0.3) is 10.7 Å². The first-order chi connectivity index (χ1) is 19.9. The van der Waals surface area contributed by atoms with Gasteiger partial charge in [-0.05, 0) is 64.2 Å². The molecule has 0 aliphatic rings. The first-order valence-corrected chi connectivity index (χ1v) is 13.7. The summed E-state index contributed by atoms with van der Waals surface area (Å²) >= 11 is 7.60. The number of aromatic nitrogens is 4. The van der Waals surface area contributed by atoms with Gasteiger partial charge in [0.1, 0.15) is 24.2 Å². The Hall–Kier alpha value is -4.61. The van der Waals surface area contributed by atoms with E-state index < -0.39 is 17.9 Å². The molecule has 1 unspecified atom stereocenters. The SMILES string of the molecule is COc1cccc(N(C(=O)Cn2nnc(-c3cccs3)n2)C(C(=O)NCc2ccc(F)cc2)c2ccc(Cl)cc2)c1. The van der Waals surface area contributed by atoms with Crippen molar-refractivity contribution in [3.05, 3.63) is 112 Å². The number of methoxy groups -OCH3 is 1. The minimum absolute atomic E-state index is 0.123. The molecule has 1 N–H and O–H groups in total. The highest BCUT2D eigenvalue weighted by Gasteiger charge is 2.33. The molecule has 2 amide bonds. The van der Waals surface area contributed by atoms with Gasteiger partial charge in [0.05, 0.1) is 12.0 Å². The standard InChI is InChI=1S/C29H24ClFN6O3S/c1-40-24-5-2-4-23(16-24)37(26(38)18-36-34-28(33-35-36)25-6-3-15-41-25)27(20-9-11-21(30)12-10-20)29(39)32-17-19-7-13-22(31)14-8-19/h2-16,27H,17-18H2,1H3,(H,32,39). The number of benzene rings is 3. The van der Waals surface area contributed by atoms with Crippen LogP contribution >= 0.6 is 22.9 Å². The molecule has 12 heteroatoms. The molecule has 0 saturated heterocycles. The van der Waals surface area contributed by atoms with Gasteiger partial charge in [-0.25, -0.2) is 4.39 Å². The number of halogens is 2. The summed E-state index contributed by atoms with van der Waals surface area (Å²) in [6, 6.07) is 22.0. The average molecular weight is 591 g/mol. The number of thiophene rings is 1. The number of ether oxygens (including phenoxy) is 1. The van der Waals surface area contributed by atoms with Crippen molar-refractivity contribution in [2.24, 2.45) is 0 Å². The molecule has 2 aromatic heterocycles. The first kappa shape index (κ1) is 27.9. The van der Waals surface area contributed by atoms with Crippen molar-refractivity contribution in [2.45, 2.75) is 19.1 Å². The highest BCUT2D eigenvalue weighted by molar-refractivity contribution is 7.13. The van der Waals surface area contributed by atoms with Crippen LogP contribution in [0.4, 0.5) is 10.1 Å². The van der Waals surface area contributed by atoms with Crippen LogP contribution in [0.2, 0.25) is 5.02 Å². The number of nitrogens with one attached hydrogen (secondary N) is 1. The second kappa shape index (κ2) is 12.7. The van der Waals surface area contributed by atoms with E-state index in [-0.39, 0.29) is 18.9 Å². The fourth-order valence-electron chi connectivity index (χ4n) is 4.16. The number of anilines is 1. The number of rotatable bonds is 10. The van der Waals surface area contributed by atoms with E-state index in [4.69, 9.17) is 16.3 Å². The summed E-state index contributed by atoms with van der Waals surface area (Å²) in [5.74, 6) is -0.408. The summed E-state index contributed by atoms with van der Waals surface area (Å²) in [5, 5.41) is 17.7. The molecule has 0 aliphatic carbocycles. The molecule has 3 aromatic carbocycles. The first-order valence-electron chi connectivity index (χ1n) is 12.5. The maximum atomic E-state index is 14.0. The number of hydrogen-bond acceptors (Lipinski definition) is 7. The number of carbonyl (C=O) groups is 2. The predicted octanol–water partition coefficient (Wildman–Crippen LogP) is 5.29. The molecule has 2 heterocycles. The molecule has 0 spiro atoms. The van der Waals surface area contributed by atoms with E-state index in [9.17, 15) is 14.0 Å². The van der Waals surface area contributed by atoms with Gasteiger partial charge in [-0.1, -0.05) is 48.0 Å². The molecule has 41 heavy (non-hydrogen) atoms. The topological polar surface area (TPSA) is 102 Å². The molecule has 0 aliphatic heterocycles. The van der Waals surface area contributed by atoms with Crippen LogP contribution in [0, 0.1) is 5.82 Å². The van der Waals surface area contributed by atoms with Crippen molar-refractivity contribution in [3.63, 3.8) is 0 Å². The summed E-state index contributed by atoms with van der Waals surface area (Å²) in [6.07, 6.45) is 0. The maximum Gasteiger partial charge on any atom is 0.251 e. The third kappa shape index (κ3) is 6.76. The van der Waals surface area contributed by atoms with Gasteiger partial charge in [0.15, 0.2) is 0 Å². The molecule has 0 fully saturated rings. The van der Waals surface area contributed by atoms with Crippen molar-refractivity contribution in [2.75, 3.05) is 12.0 Å². The summed E-state index contributed by atoms with van der Waals surface area (Å²) in [4.78, 5) is 31.3. The Labute approximate surface area is 244 Å². The van der Waals surface area contributed by atoms with E-state index in [1.54, 1.807) is 60.7 Å². The quantitative estimate of drug-likeness (QED) is 0.237. The summed E-state index contributed by atoms with van der Waals surface area (Å²) in [5.41, 5.74) is 1.64. The maximum absolute atomic E-state index is 14.0. The molecule has 5 rings (SSSR count). The fourth-order valence-corrected chi connectivity index (χ4v) is 4.93. The summed E-state index contributed by atoms with van der Waals surface area (Å²) in [6.45, 7) is -0.164. The lowest BCUT2D eigenvalue weighted by Crippen LogP contribution is -2.45. The number of tetrazole rings is 1. The molecular formula is C29H24ClFN6O3S. The zero-order valence-electron chi connectivity index (χ0n) is 21.8. The van der Waals surface area contributed by atoms with Crippen LogP contribution in [0.3, 0.4) is 0 Å². The van der Waals surface area contributed by atoms with E-state index in [2.05, 4.69) is 20.7 Å². The molecule has 0 bridgehead atoms. The summed E-state index contributed by atoms with van der Waals surface area (Å²) < 4.78 is 18.8. The molecule has 5 aromatic rings. The van der Waals surface area contributed by atoms with Crippen LogP contribution in [0.1, 0.15) is 17.2 Å². The number of carbonyl (C=O) groups excluding carboxylic acids is 2. The van der Waals surface area contributed by atoms with Gasteiger partial charge in [-0.3, -0.25) is 14.5 Å². The molecule has 208 valence electrons. The molecule has 9 nitrogen and oxygen atoms in total. The minimum Gasteiger partial charge on any atom is -0.497 e. The van der Waals surface area contributed by atoms with E-state index in [1.807, 2.05) is 17.5 Å². The molecular weight excluding hydrogens is 567 g/mol. The smallest absolute Gasteiger partial charge is 0.251 e. The Balaban J connectivity index is 1.51. The highest BCUT2D eigenvalue weighted by Crippen LogP contribution is 2.31. The Morgan fingerprint density at radius 2 is 1.85 bits per heavy atom. The van der Waals surface area contributed by atoms with Gasteiger partial charge in [-0.2, -0.15) is 4.80 Å². The minimum atomic E-state index is -1.10. The number of hydrogen-bond donors (Lipinski definition) is 1. The van der Waals surface area contributed by atoms with Gasteiger partial charge in [0.25, 0.3) is 5.91 Å². The normalized spacial score (nSPS) is 11.6. The molecule has 1 atom stereocenters. The second-order valence-electron chi connectivity index (χ2n) is 8.88. The van der Waals surface area contributed by atoms with E-state index in [1.165, 1.54) is 40.3 Å². The van der Waals surface area contributed by atoms with Crippen molar-refractivity contribution in [1.82, 2.24) is 25.5 Å².